The first-order chi connectivity index (χ1) is 5.68. The second-order valence-corrected chi connectivity index (χ2v) is 2.98. The van der Waals surface area contributed by atoms with E-state index in [2.05, 4.69) is 0 Å². The van der Waals surface area contributed by atoms with Gasteiger partial charge >= 0.3 is 6.16 Å². The van der Waals surface area contributed by atoms with Crippen LogP contribution < -0.4 is 0 Å². The van der Waals surface area contributed by atoms with E-state index in [1.54, 1.807) is 13.8 Å². The fourth-order valence-corrected chi connectivity index (χ4v) is 0.969. The molecule has 0 aromatic carbocycles. The van der Waals surface area contributed by atoms with E-state index in [9.17, 15) is 4.79 Å². The lowest BCUT2D eigenvalue weighted by Crippen LogP contribution is -2.20. The van der Waals surface area contributed by atoms with Gasteiger partial charge in [0.1, 0.15) is 0 Å². The molecule has 1 saturated heterocycles. The number of hydrogen-bond acceptors (Lipinski definition) is 4. The zero-order valence-corrected chi connectivity index (χ0v) is 7.41. The summed E-state index contributed by atoms with van der Waals surface area (Å²) < 4.78 is 14.7. The highest BCUT2D eigenvalue weighted by Gasteiger charge is 2.20. The third kappa shape index (κ3) is 3.09. The molecule has 1 aliphatic rings. The van der Waals surface area contributed by atoms with E-state index in [0.717, 1.165) is 12.8 Å². The fourth-order valence-electron chi connectivity index (χ4n) is 0.969. The third-order valence-corrected chi connectivity index (χ3v) is 1.45. The molecule has 0 radical (unpaired) electrons. The Kier molecular flexibility index (Phi) is 3.34. The molecule has 12 heavy (non-hydrogen) atoms. The number of carbonyl (C=O) groups is 1. The molecule has 1 fully saturated rings. The van der Waals surface area contributed by atoms with Gasteiger partial charge in [0.25, 0.3) is 0 Å². The summed E-state index contributed by atoms with van der Waals surface area (Å²) in [5, 5.41) is 0. The lowest BCUT2D eigenvalue weighted by atomic mass is 10.4. The minimum Gasteiger partial charge on any atom is -0.432 e. The third-order valence-electron chi connectivity index (χ3n) is 1.45. The van der Waals surface area contributed by atoms with Crippen molar-refractivity contribution in [3.05, 3.63) is 0 Å². The van der Waals surface area contributed by atoms with E-state index in [1.165, 1.54) is 0 Å². The summed E-state index contributed by atoms with van der Waals surface area (Å²) in [5.74, 6) is 0. The molecule has 0 aliphatic carbocycles. The minimum atomic E-state index is -0.642. The van der Waals surface area contributed by atoms with Gasteiger partial charge in [0.05, 0.1) is 12.7 Å². The van der Waals surface area contributed by atoms with Crippen molar-refractivity contribution in [2.75, 3.05) is 6.61 Å². The normalized spacial score (nSPS) is 22.8. The summed E-state index contributed by atoms with van der Waals surface area (Å²) in [6, 6.07) is 0. The van der Waals surface area contributed by atoms with Crippen LogP contribution in [0.1, 0.15) is 26.7 Å². The van der Waals surface area contributed by atoms with Gasteiger partial charge < -0.3 is 14.2 Å². The molecular formula is C8H14O4. The monoisotopic (exact) mass is 174 g/mol. The molecule has 0 N–H and O–H groups in total. The highest BCUT2D eigenvalue weighted by atomic mass is 16.8. The lowest BCUT2D eigenvalue weighted by Gasteiger charge is -2.12. The molecule has 0 saturated carbocycles. The van der Waals surface area contributed by atoms with Gasteiger partial charge in [-0.3, -0.25) is 0 Å². The molecule has 1 atom stereocenters. The van der Waals surface area contributed by atoms with Crippen molar-refractivity contribution in [3.8, 4) is 0 Å². The van der Waals surface area contributed by atoms with Crippen LogP contribution in [0, 0.1) is 0 Å². The van der Waals surface area contributed by atoms with Crippen LogP contribution in [0.5, 0.6) is 0 Å². The largest absolute Gasteiger partial charge is 0.510 e. The van der Waals surface area contributed by atoms with E-state index in [0.29, 0.717) is 6.61 Å². The predicted molar refractivity (Wildman–Crippen MR) is 41.7 cm³/mol. The van der Waals surface area contributed by atoms with Crippen LogP contribution in [0.25, 0.3) is 0 Å². The molecule has 0 aromatic heterocycles. The highest BCUT2D eigenvalue weighted by molar-refractivity contribution is 5.60. The Balaban J connectivity index is 2.16. The Labute approximate surface area is 71.8 Å². The van der Waals surface area contributed by atoms with E-state index in [4.69, 9.17) is 14.2 Å². The Morgan fingerprint density at radius 1 is 1.58 bits per heavy atom. The molecule has 1 unspecified atom stereocenters. The van der Waals surface area contributed by atoms with Crippen LogP contribution in [0.15, 0.2) is 0 Å². The molecule has 4 heteroatoms. The zero-order valence-electron chi connectivity index (χ0n) is 7.41. The van der Waals surface area contributed by atoms with Crippen molar-refractivity contribution in [1.29, 1.82) is 0 Å². The van der Waals surface area contributed by atoms with Crippen LogP contribution in [0.2, 0.25) is 0 Å². The Morgan fingerprint density at radius 3 is 2.83 bits per heavy atom. The molecular weight excluding hydrogens is 160 g/mol. The van der Waals surface area contributed by atoms with Crippen molar-refractivity contribution in [1.82, 2.24) is 0 Å². The van der Waals surface area contributed by atoms with Gasteiger partial charge in [-0.1, -0.05) is 0 Å². The molecule has 1 heterocycles. The quantitative estimate of drug-likeness (QED) is 0.597. The summed E-state index contributed by atoms with van der Waals surface area (Å²) in [7, 11) is 0. The van der Waals surface area contributed by atoms with Gasteiger partial charge in [0.15, 0.2) is 0 Å². The molecule has 0 amide bonds. The standard InChI is InChI=1S/C8H14O4/c1-6(2)11-8(9)12-7-4-3-5-10-7/h6-7H,3-5H2,1-2H3. The number of ether oxygens (including phenoxy) is 3. The van der Waals surface area contributed by atoms with Crippen LogP contribution >= 0.6 is 0 Å². The minimum absolute atomic E-state index is 0.140. The first-order valence-corrected chi connectivity index (χ1v) is 4.17. The average molecular weight is 174 g/mol. The summed E-state index contributed by atoms with van der Waals surface area (Å²) in [5.41, 5.74) is 0. The van der Waals surface area contributed by atoms with Crippen LogP contribution in [-0.2, 0) is 14.2 Å². The number of carbonyl (C=O) groups excluding carboxylic acids is 1. The van der Waals surface area contributed by atoms with Gasteiger partial charge in [-0.05, 0) is 20.3 Å². The second kappa shape index (κ2) is 4.30. The topological polar surface area (TPSA) is 44.8 Å². The zero-order chi connectivity index (χ0) is 8.97. The number of rotatable bonds is 2. The van der Waals surface area contributed by atoms with E-state index in [-0.39, 0.29) is 6.10 Å². The van der Waals surface area contributed by atoms with Gasteiger partial charge in [-0.15, -0.1) is 0 Å². The number of hydrogen-bond donors (Lipinski definition) is 0. The molecule has 70 valence electrons. The maximum absolute atomic E-state index is 10.9. The maximum Gasteiger partial charge on any atom is 0.510 e. The van der Waals surface area contributed by atoms with Gasteiger partial charge in [0, 0.05) is 6.42 Å². The van der Waals surface area contributed by atoms with Crippen LogP contribution in [0.3, 0.4) is 0 Å². The van der Waals surface area contributed by atoms with Gasteiger partial charge in [-0.25, -0.2) is 4.79 Å². The fraction of sp³-hybridized carbons (Fsp3) is 0.875. The highest BCUT2D eigenvalue weighted by Crippen LogP contribution is 2.13. The molecule has 0 bridgehead atoms. The Bertz CT molecular complexity index is 149. The first-order valence-electron chi connectivity index (χ1n) is 4.17. The molecule has 0 aromatic rings. The van der Waals surface area contributed by atoms with E-state index >= 15 is 0 Å². The Morgan fingerprint density at radius 2 is 2.33 bits per heavy atom. The SMILES string of the molecule is CC(C)OC(=O)OC1CCCO1. The summed E-state index contributed by atoms with van der Waals surface area (Å²) >= 11 is 0. The van der Waals surface area contributed by atoms with Crippen molar-refractivity contribution in [2.45, 2.75) is 39.1 Å². The van der Waals surface area contributed by atoms with Crippen LogP contribution in [0.4, 0.5) is 4.79 Å². The summed E-state index contributed by atoms with van der Waals surface area (Å²) in [6.07, 6.45) is 0.541. The maximum atomic E-state index is 10.9. The van der Waals surface area contributed by atoms with Crippen molar-refractivity contribution in [2.24, 2.45) is 0 Å². The summed E-state index contributed by atoms with van der Waals surface area (Å²) in [4.78, 5) is 10.9. The van der Waals surface area contributed by atoms with Crippen molar-refractivity contribution < 1.29 is 19.0 Å². The average Bonchev–Trinajstić information content (AvgIpc) is 2.37. The van der Waals surface area contributed by atoms with Crippen LogP contribution in [-0.4, -0.2) is 25.2 Å². The first kappa shape index (κ1) is 9.32. The van der Waals surface area contributed by atoms with Gasteiger partial charge in [-0.2, -0.15) is 0 Å². The smallest absolute Gasteiger partial charge is 0.432 e. The van der Waals surface area contributed by atoms with Crippen molar-refractivity contribution in [3.63, 3.8) is 0 Å². The second-order valence-electron chi connectivity index (χ2n) is 2.98. The van der Waals surface area contributed by atoms with Crippen molar-refractivity contribution >= 4 is 6.16 Å². The predicted octanol–water partition coefficient (Wildman–Crippen LogP) is 1.68. The molecule has 1 rings (SSSR count). The van der Waals surface area contributed by atoms with Gasteiger partial charge in [0.2, 0.25) is 6.29 Å². The molecule has 4 nitrogen and oxygen atoms in total. The lowest BCUT2D eigenvalue weighted by molar-refractivity contribution is -0.0964. The molecule has 0 spiro atoms. The summed E-state index contributed by atoms with van der Waals surface area (Å²) in [6.45, 7) is 4.22. The Hall–Kier alpha value is -0.770. The van der Waals surface area contributed by atoms with E-state index in [1.807, 2.05) is 0 Å². The molecule has 1 aliphatic heterocycles. The van der Waals surface area contributed by atoms with E-state index < -0.39 is 12.4 Å².